The summed E-state index contributed by atoms with van der Waals surface area (Å²) in [6.45, 7) is 2.08. The van der Waals surface area contributed by atoms with Gasteiger partial charge >= 0.3 is 0 Å². The molecule has 3 saturated carbocycles. The fourth-order valence-electron chi connectivity index (χ4n) is 6.28. The maximum atomic E-state index is 14.7. The SMILES string of the molecule is CC1CC(S)C(F)C(F)C1C1=CCC(C2CCC(CC3CC3)CC2)CC1. The highest BCUT2D eigenvalue weighted by molar-refractivity contribution is 7.81. The molecular formula is C23H36F2S. The monoisotopic (exact) mass is 382 g/mol. The Hall–Kier alpha value is -0.0500. The summed E-state index contributed by atoms with van der Waals surface area (Å²) >= 11 is 4.26. The van der Waals surface area contributed by atoms with E-state index in [1.165, 1.54) is 56.9 Å². The van der Waals surface area contributed by atoms with Gasteiger partial charge in [0, 0.05) is 11.2 Å². The topological polar surface area (TPSA) is 0 Å². The zero-order valence-electron chi connectivity index (χ0n) is 16.3. The van der Waals surface area contributed by atoms with Crippen LogP contribution in [0.2, 0.25) is 0 Å². The van der Waals surface area contributed by atoms with E-state index < -0.39 is 17.6 Å². The Labute approximate surface area is 164 Å². The molecule has 0 radical (unpaired) electrons. The molecule has 0 saturated heterocycles. The highest BCUT2D eigenvalue weighted by Crippen LogP contribution is 2.47. The Balaban J connectivity index is 1.30. The van der Waals surface area contributed by atoms with Crippen LogP contribution in [0.5, 0.6) is 0 Å². The summed E-state index contributed by atoms with van der Waals surface area (Å²) in [6.07, 6.45) is 13.7. The third-order valence-electron chi connectivity index (χ3n) is 8.08. The largest absolute Gasteiger partial charge is 0.244 e. The van der Waals surface area contributed by atoms with Crippen LogP contribution in [0.1, 0.15) is 77.6 Å². The number of hydrogen-bond donors (Lipinski definition) is 1. The minimum Gasteiger partial charge on any atom is -0.244 e. The molecule has 4 rings (SSSR count). The van der Waals surface area contributed by atoms with Crippen molar-refractivity contribution >= 4 is 12.6 Å². The van der Waals surface area contributed by atoms with Gasteiger partial charge in [-0.3, -0.25) is 0 Å². The smallest absolute Gasteiger partial charge is 0.143 e. The summed E-state index contributed by atoms with van der Waals surface area (Å²) in [5, 5.41) is -0.431. The van der Waals surface area contributed by atoms with Crippen LogP contribution in [0.3, 0.4) is 0 Å². The molecule has 0 aromatic carbocycles. The van der Waals surface area contributed by atoms with Crippen molar-refractivity contribution in [3.63, 3.8) is 0 Å². The number of halogens is 2. The molecular weight excluding hydrogens is 346 g/mol. The fraction of sp³-hybridized carbons (Fsp3) is 0.913. The van der Waals surface area contributed by atoms with Crippen LogP contribution in [-0.4, -0.2) is 17.6 Å². The van der Waals surface area contributed by atoms with Gasteiger partial charge in [0.15, 0.2) is 0 Å². The van der Waals surface area contributed by atoms with Crippen molar-refractivity contribution < 1.29 is 8.78 Å². The normalized spacial score (nSPS) is 47.5. The van der Waals surface area contributed by atoms with Gasteiger partial charge in [0.2, 0.25) is 0 Å². The van der Waals surface area contributed by atoms with Gasteiger partial charge in [-0.15, -0.1) is 0 Å². The lowest BCUT2D eigenvalue weighted by atomic mass is 9.67. The summed E-state index contributed by atoms with van der Waals surface area (Å²) in [4.78, 5) is 0. The van der Waals surface area contributed by atoms with Crippen LogP contribution in [0.4, 0.5) is 8.78 Å². The van der Waals surface area contributed by atoms with E-state index >= 15 is 0 Å². The number of allylic oxidation sites excluding steroid dienone is 2. The van der Waals surface area contributed by atoms with Gasteiger partial charge in [-0.05, 0) is 74.5 Å². The Kier molecular flexibility index (Phi) is 6.03. The number of hydrogen-bond acceptors (Lipinski definition) is 1. The molecule has 0 amide bonds. The van der Waals surface area contributed by atoms with Gasteiger partial charge in [0.25, 0.3) is 0 Å². The first-order valence-electron chi connectivity index (χ1n) is 11.2. The van der Waals surface area contributed by atoms with Crippen LogP contribution in [0.25, 0.3) is 0 Å². The second kappa shape index (κ2) is 8.13. The molecule has 26 heavy (non-hydrogen) atoms. The van der Waals surface area contributed by atoms with Crippen molar-refractivity contribution in [2.75, 3.05) is 0 Å². The second-order valence-electron chi connectivity index (χ2n) is 9.97. The quantitative estimate of drug-likeness (QED) is 0.395. The molecule has 0 heterocycles. The van der Waals surface area contributed by atoms with E-state index in [-0.39, 0.29) is 11.8 Å². The minimum atomic E-state index is -1.40. The van der Waals surface area contributed by atoms with E-state index in [9.17, 15) is 8.78 Å². The first kappa shape index (κ1) is 19.3. The van der Waals surface area contributed by atoms with E-state index in [0.717, 1.165) is 36.5 Å². The van der Waals surface area contributed by atoms with Gasteiger partial charge < -0.3 is 0 Å². The third-order valence-corrected chi connectivity index (χ3v) is 8.57. The van der Waals surface area contributed by atoms with Gasteiger partial charge in [0.1, 0.15) is 12.3 Å². The van der Waals surface area contributed by atoms with Gasteiger partial charge in [-0.25, -0.2) is 8.78 Å². The van der Waals surface area contributed by atoms with Crippen LogP contribution >= 0.6 is 12.6 Å². The second-order valence-corrected chi connectivity index (χ2v) is 10.6. The molecule has 148 valence electrons. The van der Waals surface area contributed by atoms with Crippen LogP contribution in [0, 0.1) is 35.5 Å². The molecule has 0 aromatic heterocycles. The Bertz CT molecular complexity index is 506. The number of rotatable bonds is 4. The van der Waals surface area contributed by atoms with Crippen LogP contribution in [-0.2, 0) is 0 Å². The lowest BCUT2D eigenvalue weighted by molar-refractivity contribution is 0.0537. The van der Waals surface area contributed by atoms with Crippen molar-refractivity contribution in [2.45, 2.75) is 95.1 Å². The van der Waals surface area contributed by atoms with E-state index in [1.807, 2.05) is 0 Å². The lowest BCUT2D eigenvalue weighted by Crippen LogP contribution is -2.44. The van der Waals surface area contributed by atoms with Crippen molar-refractivity contribution in [2.24, 2.45) is 35.5 Å². The molecule has 3 fully saturated rings. The Morgan fingerprint density at radius 1 is 0.923 bits per heavy atom. The first-order valence-corrected chi connectivity index (χ1v) is 11.7. The standard InChI is InChI=1S/C23H36F2S/c1-14-12-20(26)22(24)23(25)21(14)19-10-8-18(9-11-19)17-6-4-16(5-7-17)13-15-2-3-15/h10,14-18,20-23,26H,2-9,11-13H2,1H3. The summed E-state index contributed by atoms with van der Waals surface area (Å²) in [6, 6.07) is 0. The lowest BCUT2D eigenvalue weighted by Gasteiger charge is -2.41. The highest BCUT2D eigenvalue weighted by Gasteiger charge is 2.44. The van der Waals surface area contributed by atoms with E-state index in [1.54, 1.807) is 0 Å². The summed E-state index contributed by atoms with van der Waals surface area (Å²) in [5.41, 5.74) is 1.21. The summed E-state index contributed by atoms with van der Waals surface area (Å²) in [5.74, 6) is 3.74. The minimum absolute atomic E-state index is 0.205. The molecule has 4 aliphatic rings. The number of alkyl halides is 2. The van der Waals surface area contributed by atoms with Crippen molar-refractivity contribution in [3.8, 4) is 0 Å². The molecule has 0 bridgehead atoms. The maximum Gasteiger partial charge on any atom is 0.143 e. The van der Waals surface area contributed by atoms with Crippen molar-refractivity contribution in [1.29, 1.82) is 0 Å². The molecule has 6 unspecified atom stereocenters. The van der Waals surface area contributed by atoms with Crippen LogP contribution in [0.15, 0.2) is 11.6 Å². The molecule has 0 spiro atoms. The zero-order chi connectivity index (χ0) is 18.3. The summed E-state index contributed by atoms with van der Waals surface area (Å²) < 4.78 is 28.8. The first-order chi connectivity index (χ1) is 12.5. The fourth-order valence-corrected chi connectivity index (χ4v) is 6.77. The predicted octanol–water partition coefficient (Wildman–Crippen LogP) is 6.95. The molecule has 4 aliphatic carbocycles. The number of thiol groups is 1. The molecule has 0 nitrogen and oxygen atoms in total. The highest BCUT2D eigenvalue weighted by atomic mass is 32.1. The van der Waals surface area contributed by atoms with Gasteiger partial charge in [-0.2, -0.15) is 12.6 Å². The summed E-state index contributed by atoms with van der Waals surface area (Å²) in [7, 11) is 0. The molecule has 0 aliphatic heterocycles. The van der Waals surface area contributed by atoms with Crippen LogP contribution < -0.4 is 0 Å². The zero-order valence-corrected chi connectivity index (χ0v) is 17.1. The van der Waals surface area contributed by atoms with Crippen molar-refractivity contribution in [3.05, 3.63) is 11.6 Å². The van der Waals surface area contributed by atoms with Crippen molar-refractivity contribution in [1.82, 2.24) is 0 Å². The third kappa shape index (κ3) is 4.18. The average Bonchev–Trinajstić information content (AvgIpc) is 3.45. The van der Waals surface area contributed by atoms with E-state index in [4.69, 9.17) is 0 Å². The molecule has 3 heteroatoms. The Morgan fingerprint density at radius 2 is 1.58 bits per heavy atom. The van der Waals surface area contributed by atoms with Gasteiger partial charge in [-0.1, -0.05) is 44.3 Å². The molecule has 6 atom stereocenters. The Morgan fingerprint density at radius 3 is 2.15 bits per heavy atom. The average molecular weight is 383 g/mol. The van der Waals surface area contributed by atoms with E-state index in [2.05, 4.69) is 25.6 Å². The molecule has 0 aromatic rings. The van der Waals surface area contributed by atoms with Gasteiger partial charge in [0.05, 0.1) is 0 Å². The predicted molar refractivity (Wildman–Crippen MR) is 108 cm³/mol. The van der Waals surface area contributed by atoms with E-state index in [0.29, 0.717) is 6.42 Å². The maximum absolute atomic E-state index is 14.7. The molecule has 0 N–H and O–H groups in total.